The first-order valence-corrected chi connectivity index (χ1v) is 36.7. The predicted octanol–water partition coefficient (Wildman–Crippen LogP) is 14.3. The van der Waals surface area contributed by atoms with E-state index in [1.165, 1.54) is 102 Å². The van der Waals surface area contributed by atoms with Crippen molar-refractivity contribution in [2.24, 2.45) is 49.1 Å². The number of aromatic nitrogens is 18. The van der Waals surface area contributed by atoms with Crippen LogP contribution >= 0.6 is 11.3 Å². The monoisotopic (exact) mass is 1440 g/mol. The molecule has 108 heavy (non-hydrogen) atoms. The topological polar surface area (TPSA) is 136 Å². The number of hydrogen-bond donors (Lipinski definition) is 0. The van der Waals surface area contributed by atoms with E-state index in [2.05, 4.69) is 196 Å². The molecule has 0 aliphatic carbocycles. The van der Waals surface area contributed by atoms with Gasteiger partial charge in [0.1, 0.15) is 60.5 Å². The summed E-state index contributed by atoms with van der Waals surface area (Å²) >= 11 is 1.87. The van der Waals surface area contributed by atoms with Crippen LogP contribution in [0, 0.1) is 0 Å². The van der Waals surface area contributed by atoms with Crippen LogP contribution in [-0.2, 0) is 81.8 Å². The van der Waals surface area contributed by atoms with Gasteiger partial charge in [0.15, 0.2) is 22.1 Å². The molecule has 5 aliphatic rings. The van der Waals surface area contributed by atoms with Gasteiger partial charge in [0.25, 0.3) is 28.6 Å². The summed E-state index contributed by atoms with van der Waals surface area (Å²) in [6.07, 6.45) is 9.02. The zero-order valence-electron chi connectivity index (χ0n) is 68.0. The minimum atomic E-state index is -2.47. The highest BCUT2D eigenvalue weighted by atomic mass is 32.1. The molecule has 20 heteroatoms. The van der Waals surface area contributed by atoms with Crippen molar-refractivity contribution in [3.63, 3.8) is 0 Å². The summed E-state index contributed by atoms with van der Waals surface area (Å²) in [6, 6.07) is 70.9. The number of rotatable bonds is 1. The Kier molecular flexibility index (Phi) is 11.5. The van der Waals surface area contributed by atoms with E-state index < -0.39 is 20.9 Å². The standard InChI is InChI=1S/C22H17N4.2C17H15N4.C16H12N3O.C16H12N3S/c1-24-20-17-10-5-6-12-19(17)26(15-8-3-2-4-9-15)22(20)25-14-18-16(21(24)25)11-7-13-23-18;2*1-19-14-8-4-3-6-12(14)15-17(19)21-10-13-11(7-5-9-18-13)16(21)20(15)2;2*1-18-14-11-5-2-3-7-13(11)20-16(14)19-9-12-10(15(18)19)6-4-8-17-12/h2-13H,14H2,1H3;2*3-9H,10H2,1-2H3;2*2-8H,9H2,1H3/q5*+1/i;1D3,2D3;2D3;;. The third-order valence-corrected chi connectivity index (χ3v) is 23.6. The van der Waals surface area contributed by atoms with Gasteiger partial charge in [-0.05, 0) is 133 Å². The average molecular weight is 1440 g/mol. The highest BCUT2D eigenvalue weighted by molar-refractivity contribution is 7.25. The number of para-hydroxylation sites is 5. The Bertz CT molecular complexity index is 7620. The number of nitrogens with zero attached hydrogens (tertiary/aromatic N) is 18. The van der Waals surface area contributed by atoms with Crippen molar-refractivity contribution in [1.82, 2.24) is 61.5 Å². The number of aryl methyl sites for hydroxylation is 7. The van der Waals surface area contributed by atoms with E-state index in [0.717, 1.165) is 92.2 Å². The van der Waals surface area contributed by atoms with Crippen molar-refractivity contribution in [2.75, 3.05) is 0 Å². The fourth-order valence-electron chi connectivity index (χ4n) is 17.9. The average Bonchev–Trinajstić information content (AvgIpc) is 1.54. The molecule has 0 saturated heterocycles. The lowest BCUT2D eigenvalue weighted by atomic mass is 10.2. The van der Waals surface area contributed by atoms with Crippen molar-refractivity contribution in [1.29, 1.82) is 0 Å². The minimum absolute atomic E-state index is 0.331. The second kappa shape index (κ2) is 23.3. The lowest BCUT2D eigenvalue weighted by Gasteiger charge is -2.03. The smallest absolute Gasteiger partial charge is 0.339 e. The summed E-state index contributed by atoms with van der Waals surface area (Å²) < 4.78 is 107. The zero-order valence-corrected chi connectivity index (χ0v) is 59.8. The Labute approximate surface area is 634 Å². The van der Waals surface area contributed by atoms with E-state index >= 15 is 0 Å². The van der Waals surface area contributed by atoms with Crippen LogP contribution in [0.5, 0.6) is 0 Å². The van der Waals surface area contributed by atoms with E-state index in [9.17, 15) is 0 Å². The first kappa shape index (κ1) is 53.3. The van der Waals surface area contributed by atoms with Crippen LogP contribution in [0.3, 0.4) is 0 Å². The molecular formula is C88H71N18OS+5. The number of pyridine rings is 5. The molecule has 5 aliphatic heterocycles. The van der Waals surface area contributed by atoms with Gasteiger partial charge < -0.3 is 4.42 Å². The largest absolute Gasteiger partial charge is 0.419 e. The maximum atomic E-state index is 8.13. The van der Waals surface area contributed by atoms with E-state index in [-0.39, 0.29) is 0 Å². The molecule has 0 N–H and O–H groups in total. The van der Waals surface area contributed by atoms with Crippen LogP contribution in [0.25, 0.3) is 171 Å². The van der Waals surface area contributed by atoms with Crippen LogP contribution in [0.15, 0.2) is 248 Å². The molecule has 15 aromatic heterocycles. The Hall–Kier alpha value is -13.5. The number of thiophene rings is 1. The molecule has 0 fully saturated rings. The molecule has 20 heterocycles. The molecular weight excluding hydrogens is 1360 g/mol. The van der Waals surface area contributed by atoms with E-state index in [4.69, 9.17) is 16.8 Å². The van der Waals surface area contributed by atoms with Gasteiger partial charge in [-0.15, -0.1) is 0 Å². The SMILES string of the molecule is Cn1c2[n+](c3c1c1ccccc1n3-c1ccccc1)Cc1ncccc1-2.Cn1c2[n+](c3oc4ccccc4c31)Cc1ncccc1-2.Cn1c2[n+](c3sc4ccccc4c31)Cc1ncccc1-2.[2H]C([2H])([2H])n1c2[n+](c3c1c1ccccc1n3C([2H])([2H])[2H])Cc1ncccc1-2.[2H]C([2H])([2H])n1c2[n+](c3c1c1ccccc1n3C)Cc1ncccc1-2. The lowest BCUT2D eigenvalue weighted by molar-refractivity contribution is -0.652. The summed E-state index contributed by atoms with van der Waals surface area (Å²) in [5, 5.41) is 5.35. The van der Waals surface area contributed by atoms with Crippen molar-refractivity contribution < 1.29 is 39.6 Å². The van der Waals surface area contributed by atoms with Gasteiger partial charge in [-0.1, -0.05) is 90.2 Å². The summed E-state index contributed by atoms with van der Waals surface area (Å²) in [5.74, 6) is 4.86. The second-order valence-corrected chi connectivity index (χ2v) is 29.1. The van der Waals surface area contributed by atoms with Gasteiger partial charge >= 0.3 is 5.71 Å². The predicted molar refractivity (Wildman–Crippen MR) is 422 cm³/mol. The quantitative estimate of drug-likeness (QED) is 0.150. The number of fused-ring (bicyclic) bond motifs is 35. The van der Waals surface area contributed by atoms with Gasteiger partial charge in [0.05, 0.1) is 139 Å². The molecule has 0 radical (unpaired) electrons. The highest BCUT2D eigenvalue weighted by Crippen LogP contribution is 2.42. The third-order valence-electron chi connectivity index (χ3n) is 22.4. The van der Waals surface area contributed by atoms with Crippen molar-refractivity contribution >= 4 is 120 Å². The van der Waals surface area contributed by atoms with Gasteiger partial charge in [-0.25, -0.2) is 32.0 Å². The molecule has 0 amide bonds. The van der Waals surface area contributed by atoms with E-state index in [1.807, 2.05) is 110 Å². The van der Waals surface area contributed by atoms with Crippen molar-refractivity contribution in [3.8, 4) is 62.6 Å². The fourth-order valence-corrected chi connectivity index (χ4v) is 19.1. The van der Waals surface area contributed by atoms with Gasteiger partial charge in [-0.2, -0.15) is 4.57 Å². The first-order chi connectivity index (χ1) is 56.7. The molecule has 0 atom stereocenters. The molecule has 19 nitrogen and oxygen atoms in total. The molecule has 520 valence electrons. The second-order valence-electron chi connectivity index (χ2n) is 28.0. The zero-order chi connectivity index (χ0) is 79.6. The van der Waals surface area contributed by atoms with Crippen LogP contribution in [0.4, 0.5) is 0 Å². The summed E-state index contributed by atoms with van der Waals surface area (Å²) in [5.41, 5.74) is 23.7. The van der Waals surface area contributed by atoms with Crippen molar-refractivity contribution in [3.05, 3.63) is 272 Å². The minimum Gasteiger partial charge on any atom is -0.419 e. The number of benzene rings is 6. The number of furan rings is 1. The van der Waals surface area contributed by atoms with Gasteiger partial charge in [0, 0.05) is 41.1 Å². The third kappa shape index (κ3) is 8.59. The first-order valence-electron chi connectivity index (χ1n) is 40.4. The Morgan fingerprint density at radius 3 is 1.25 bits per heavy atom. The summed E-state index contributed by atoms with van der Waals surface area (Å²) in [7, 11) is 8.41. The molecule has 0 saturated carbocycles. The maximum absolute atomic E-state index is 8.13. The van der Waals surface area contributed by atoms with Crippen LogP contribution in [0.1, 0.15) is 40.8 Å². The van der Waals surface area contributed by atoms with Gasteiger partial charge in [-0.3, -0.25) is 47.8 Å². The maximum Gasteiger partial charge on any atom is 0.339 e. The van der Waals surface area contributed by atoms with E-state index in [1.54, 1.807) is 47.3 Å². The highest BCUT2D eigenvalue weighted by Gasteiger charge is 2.41. The fraction of sp³-hybridized carbons (Fsp3) is 0.136. The molecule has 21 aromatic rings. The number of hydrogen-bond acceptors (Lipinski definition) is 7. The normalized spacial score (nSPS) is 14.5. The number of imidazole rings is 5. The molecule has 6 aromatic carbocycles. The molecule has 0 bridgehead atoms. The lowest BCUT2D eigenvalue weighted by Crippen LogP contribution is -2.33. The van der Waals surface area contributed by atoms with Crippen LogP contribution in [-0.4, -0.2) is 61.5 Å². The van der Waals surface area contributed by atoms with Gasteiger partial charge in [0.2, 0.25) is 27.8 Å². The van der Waals surface area contributed by atoms with Crippen LogP contribution in [0.2, 0.25) is 0 Å². The Morgan fingerprint density at radius 1 is 0.324 bits per heavy atom. The molecule has 0 unspecified atom stereocenters. The van der Waals surface area contributed by atoms with E-state index in [0.29, 0.717) is 52.4 Å². The van der Waals surface area contributed by atoms with Crippen molar-refractivity contribution in [2.45, 2.75) is 32.7 Å². The summed E-state index contributed by atoms with van der Waals surface area (Å²) in [6.45, 7) is -3.79. The molecule has 26 rings (SSSR count). The molecule has 0 spiro atoms. The Balaban J connectivity index is 0.0000000889. The Morgan fingerprint density at radius 2 is 0.704 bits per heavy atom. The summed E-state index contributed by atoms with van der Waals surface area (Å²) in [4.78, 5) is 23.7. The van der Waals surface area contributed by atoms with Crippen LogP contribution < -0.4 is 22.8 Å².